The molecule has 15 heteroatoms. The Balaban J connectivity index is 0.000000502. The predicted octanol–water partition coefficient (Wildman–Crippen LogP) is 2.74. The van der Waals surface area contributed by atoms with Crippen LogP contribution in [0.1, 0.15) is 32.6 Å². The number of aromatic nitrogens is 2. The Morgan fingerprint density at radius 2 is 1.42 bits per heavy atom. The van der Waals surface area contributed by atoms with Crippen molar-refractivity contribution in [3.8, 4) is 0 Å². The van der Waals surface area contributed by atoms with Crippen molar-refractivity contribution in [2.75, 3.05) is 0 Å². The van der Waals surface area contributed by atoms with E-state index in [1.807, 2.05) is 18.7 Å². The van der Waals surface area contributed by atoms with E-state index in [0.29, 0.717) is 0 Å². The van der Waals surface area contributed by atoms with E-state index in [9.17, 15) is 43.2 Å². The number of aryl methyl sites for hydroxylation is 1. The molecular weight excluding hydrogens is 416 g/mol. The molecule has 1 rings (SSSR count). The molecule has 0 amide bonds. The van der Waals surface area contributed by atoms with Gasteiger partial charge in [-0.25, -0.2) is 21.8 Å². The lowest BCUT2D eigenvalue weighted by Crippen LogP contribution is -2.45. The quantitative estimate of drug-likeness (QED) is 0.527. The van der Waals surface area contributed by atoms with Gasteiger partial charge in [-0.15, -0.1) is 0 Å². The zero-order valence-corrected chi connectivity index (χ0v) is 15.0. The van der Waals surface area contributed by atoms with Crippen LogP contribution in [-0.2, 0) is 26.6 Å². The third-order valence-electron chi connectivity index (χ3n) is 2.66. The normalized spacial score (nSPS) is 13.2. The predicted molar refractivity (Wildman–Crippen MR) is 79.5 cm³/mol. The number of rotatable bonds is 7. The first-order chi connectivity index (χ1) is 11.6. The molecule has 0 aromatic carbocycles. The zero-order valence-electron chi connectivity index (χ0n) is 13.4. The first-order valence-electron chi connectivity index (χ1n) is 7.01. The highest BCUT2D eigenvalue weighted by Gasteiger charge is 2.55. The molecule has 0 aliphatic rings. The van der Waals surface area contributed by atoms with Crippen LogP contribution >= 0.6 is 0 Å². The molecule has 0 fully saturated rings. The summed E-state index contributed by atoms with van der Waals surface area (Å²) < 4.78 is 110. The second-order valence-corrected chi connectivity index (χ2v) is 8.45. The topological polar surface area (TPSA) is 98.1 Å². The largest absolute Gasteiger partial charge is 0.512 e. The van der Waals surface area contributed by atoms with Crippen molar-refractivity contribution in [2.45, 2.75) is 50.2 Å². The molecule has 0 saturated carbocycles. The number of hydrogen-bond donors (Lipinski definition) is 1. The SMILES string of the molecule is CCCCCCn1ccnc1.O=S(=O)(NS(=O)(=O)C(F)(F)F)C(F)(F)F. The highest BCUT2D eigenvalue weighted by atomic mass is 32.3. The van der Waals surface area contributed by atoms with Crippen LogP contribution in [-0.4, -0.2) is 37.4 Å². The molecule has 1 heterocycles. The van der Waals surface area contributed by atoms with E-state index in [4.69, 9.17) is 0 Å². The van der Waals surface area contributed by atoms with Crippen LogP contribution in [0.25, 0.3) is 0 Å². The zero-order chi connectivity index (χ0) is 20.6. The van der Waals surface area contributed by atoms with Crippen molar-refractivity contribution in [3.05, 3.63) is 18.7 Å². The third kappa shape index (κ3) is 8.35. The maximum absolute atomic E-state index is 11.5. The van der Waals surface area contributed by atoms with Gasteiger partial charge >= 0.3 is 31.1 Å². The van der Waals surface area contributed by atoms with Gasteiger partial charge in [-0.3, -0.25) is 0 Å². The molecule has 0 spiro atoms. The Hall–Kier alpha value is -1.35. The average Bonchev–Trinajstić information content (AvgIpc) is 2.94. The number of hydrogen-bond acceptors (Lipinski definition) is 5. The van der Waals surface area contributed by atoms with Gasteiger partial charge in [-0.1, -0.05) is 30.3 Å². The van der Waals surface area contributed by atoms with Gasteiger partial charge in [0.2, 0.25) is 0 Å². The van der Waals surface area contributed by atoms with Crippen molar-refractivity contribution in [1.82, 2.24) is 13.7 Å². The number of sulfonamides is 2. The number of nitrogens with one attached hydrogen (secondary N) is 1. The van der Waals surface area contributed by atoms with E-state index in [-0.39, 0.29) is 0 Å². The molecular formula is C11H17F6N3O4S2. The summed E-state index contributed by atoms with van der Waals surface area (Å²) in [5.41, 5.74) is -12.3. The minimum Gasteiger partial charge on any atom is -0.337 e. The lowest BCUT2D eigenvalue weighted by Gasteiger charge is -2.11. The highest BCUT2D eigenvalue weighted by molar-refractivity contribution is 8.05. The van der Waals surface area contributed by atoms with E-state index in [2.05, 4.69) is 16.5 Å². The molecule has 0 aliphatic heterocycles. The molecule has 0 saturated heterocycles. The molecule has 0 radical (unpaired) electrons. The van der Waals surface area contributed by atoms with Crippen LogP contribution in [0, 0.1) is 0 Å². The average molecular weight is 433 g/mol. The fourth-order valence-corrected chi connectivity index (χ4v) is 3.29. The van der Waals surface area contributed by atoms with Crippen molar-refractivity contribution >= 4 is 20.0 Å². The Morgan fingerprint density at radius 3 is 1.77 bits per heavy atom. The van der Waals surface area contributed by atoms with Crippen LogP contribution in [0.3, 0.4) is 0 Å². The summed E-state index contributed by atoms with van der Waals surface area (Å²) in [5.74, 6) is 0. The first-order valence-corrected chi connectivity index (χ1v) is 9.97. The minimum atomic E-state index is -6.60. The van der Waals surface area contributed by atoms with E-state index < -0.39 is 35.2 Å². The Labute approximate surface area is 146 Å². The van der Waals surface area contributed by atoms with Gasteiger partial charge in [-0.05, 0) is 6.42 Å². The number of unbranched alkanes of at least 4 members (excludes halogenated alkanes) is 3. The summed E-state index contributed by atoms with van der Waals surface area (Å²) >= 11 is 0. The number of nitrogens with zero attached hydrogens (tertiary/aromatic N) is 2. The van der Waals surface area contributed by atoms with Crippen molar-refractivity contribution in [3.63, 3.8) is 0 Å². The lowest BCUT2D eigenvalue weighted by atomic mass is 10.2. The second kappa shape index (κ2) is 9.55. The summed E-state index contributed by atoms with van der Waals surface area (Å²) in [6.07, 6.45) is 11.0. The van der Waals surface area contributed by atoms with E-state index >= 15 is 0 Å². The molecule has 26 heavy (non-hydrogen) atoms. The molecule has 0 aliphatic carbocycles. The van der Waals surface area contributed by atoms with Crippen LogP contribution in [0.15, 0.2) is 18.7 Å². The van der Waals surface area contributed by atoms with Crippen LogP contribution < -0.4 is 4.13 Å². The highest BCUT2D eigenvalue weighted by Crippen LogP contribution is 2.27. The van der Waals surface area contributed by atoms with Gasteiger partial charge in [0.05, 0.1) is 6.33 Å². The summed E-state index contributed by atoms with van der Waals surface area (Å²) in [7, 11) is -13.2. The number of imidazole rings is 1. The van der Waals surface area contributed by atoms with Crippen molar-refractivity contribution in [2.24, 2.45) is 0 Å². The molecule has 154 valence electrons. The molecule has 0 atom stereocenters. The lowest BCUT2D eigenvalue weighted by molar-refractivity contribution is -0.0476. The number of halogens is 6. The van der Waals surface area contributed by atoms with Crippen LogP contribution in [0.4, 0.5) is 26.3 Å². The summed E-state index contributed by atoms with van der Waals surface area (Å²) in [5, 5.41) is 0. The first kappa shape index (κ1) is 24.7. The van der Waals surface area contributed by atoms with Gasteiger partial charge in [0, 0.05) is 18.9 Å². The van der Waals surface area contributed by atoms with Crippen LogP contribution in [0.5, 0.6) is 0 Å². The monoisotopic (exact) mass is 433 g/mol. The Morgan fingerprint density at radius 1 is 0.923 bits per heavy atom. The minimum absolute atomic E-state index is 0.493. The van der Waals surface area contributed by atoms with Crippen molar-refractivity contribution < 1.29 is 43.2 Å². The number of alkyl halides is 6. The Kier molecular flexibility index (Phi) is 9.05. The van der Waals surface area contributed by atoms with Gasteiger partial charge in [0.25, 0.3) is 0 Å². The van der Waals surface area contributed by atoms with Crippen molar-refractivity contribution in [1.29, 1.82) is 0 Å². The summed E-state index contributed by atoms with van der Waals surface area (Å²) in [6.45, 7) is 3.36. The Bertz CT molecular complexity index is 685. The molecule has 0 unspecified atom stereocenters. The fraction of sp³-hybridized carbons (Fsp3) is 0.727. The summed E-state index contributed by atoms with van der Waals surface area (Å²) in [6, 6.07) is 0. The molecule has 1 N–H and O–H groups in total. The molecule has 1 aromatic rings. The van der Waals surface area contributed by atoms with Gasteiger partial charge in [0.1, 0.15) is 0 Å². The van der Waals surface area contributed by atoms with Gasteiger partial charge in [-0.2, -0.15) is 26.3 Å². The van der Waals surface area contributed by atoms with Crippen LogP contribution in [0.2, 0.25) is 0 Å². The maximum Gasteiger partial charge on any atom is 0.512 e. The smallest absolute Gasteiger partial charge is 0.337 e. The van der Waals surface area contributed by atoms with E-state index in [1.54, 1.807) is 0 Å². The molecule has 1 aromatic heterocycles. The second-order valence-electron chi connectivity index (χ2n) is 4.84. The maximum atomic E-state index is 11.5. The van der Waals surface area contributed by atoms with Gasteiger partial charge < -0.3 is 4.57 Å². The summed E-state index contributed by atoms with van der Waals surface area (Å²) in [4.78, 5) is 3.98. The third-order valence-corrected chi connectivity index (χ3v) is 5.63. The van der Waals surface area contributed by atoms with E-state index in [0.717, 1.165) is 6.54 Å². The molecule has 0 bridgehead atoms. The van der Waals surface area contributed by atoms with E-state index in [1.165, 1.54) is 25.7 Å². The standard InChI is InChI=1S/C9H16N2.C2HF6NO4S2/c1-2-3-4-5-7-11-8-6-10-9-11;3-1(4,5)14(10,11)9-15(12,13)2(6,7)8/h6,8-9H,2-5,7H2,1H3;9H. The van der Waals surface area contributed by atoms with Gasteiger partial charge in [0.15, 0.2) is 0 Å². The molecule has 7 nitrogen and oxygen atoms in total. The fourth-order valence-electron chi connectivity index (χ4n) is 1.38.